The molecule has 0 atom stereocenters. The van der Waals surface area contributed by atoms with Crippen molar-refractivity contribution in [3.63, 3.8) is 0 Å². The van der Waals surface area contributed by atoms with E-state index in [2.05, 4.69) is 10.3 Å². The molecule has 0 radical (unpaired) electrons. The number of esters is 1. The van der Waals surface area contributed by atoms with Gasteiger partial charge < -0.3 is 15.8 Å². The molecule has 100 valence electrons. The van der Waals surface area contributed by atoms with Crippen molar-refractivity contribution in [2.45, 2.75) is 13.8 Å². The number of ether oxygens (including phenoxy) is 1. The molecule has 5 nitrogen and oxygen atoms in total. The zero-order valence-electron chi connectivity index (χ0n) is 10.8. The number of nitrogens with zero attached hydrogens (tertiary/aromatic N) is 1. The summed E-state index contributed by atoms with van der Waals surface area (Å²) in [5.41, 5.74) is 8.49. The molecule has 0 bridgehead atoms. The van der Waals surface area contributed by atoms with E-state index in [1.54, 1.807) is 25.1 Å². The Balaban J connectivity index is 2.24. The number of nitrogens with two attached hydrogens (primary N) is 1. The largest absolute Gasteiger partial charge is 0.462 e. The van der Waals surface area contributed by atoms with Gasteiger partial charge in [-0.05, 0) is 32.0 Å². The number of nitrogens with one attached hydrogen (secondary N) is 1. The van der Waals surface area contributed by atoms with Crippen LogP contribution in [0.1, 0.15) is 23.0 Å². The topological polar surface area (TPSA) is 77.2 Å². The molecule has 0 aliphatic rings. The Kier molecular flexibility index (Phi) is 4.01. The number of hydrogen-bond acceptors (Lipinski definition) is 6. The average Bonchev–Trinajstić information content (AvgIpc) is 2.78. The van der Waals surface area contributed by atoms with Gasteiger partial charge in [-0.3, -0.25) is 0 Å². The van der Waals surface area contributed by atoms with Crippen molar-refractivity contribution in [3.05, 3.63) is 34.8 Å². The van der Waals surface area contributed by atoms with Crippen LogP contribution in [0.3, 0.4) is 0 Å². The molecule has 0 spiro atoms. The van der Waals surface area contributed by atoms with Crippen molar-refractivity contribution in [3.8, 4) is 0 Å². The Morgan fingerprint density at radius 1 is 1.53 bits per heavy atom. The fourth-order valence-electron chi connectivity index (χ4n) is 1.53. The normalized spacial score (nSPS) is 10.2. The van der Waals surface area contributed by atoms with Crippen molar-refractivity contribution in [2.75, 3.05) is 17.7 Å². The number of hydrogen-bond donors (Lipinski definition) is 2. The number of rotatable bonds is 4. The van der Waals surface area contributed by atoms with Gasteiger partial charge in [0, 0.05) is 5.38 Å². The summed E-state index contributed by atoms with van der Waals surface area (Å²) < 4.78 is 4.96. The van der Waals surface area contributed by atoms with E-state index in [1.165, 1.54) is 11.3 Å². The number of thiazole rings is 1. The van der Waals surface area contributed by atoms with E-state index >= 15 is 0 Å². The fourth-order valence-corrected chi connectivity index (χ4v) is 2.23. The molecule has 3 N–H and O–H groups in total. The van der Waals surface area contributed by atoms with Crippen LogP contribution in [0.2, 0.25) is 0 Å². The van der Waals surface area contributed by atoms with Crippen LogP contribution in [0.4, 0.5) is 16.5 Å². The molecule has 1 aromatic carbocycles. The summed E-state index contributed by atoms with van der Waals surface area (Å²) >= 11 is 1.48. The van der Waals surface area contributed by atoms with Gasteiger partial charge in [-0.2, -0.15) is 0 Å². The van der Waals surface area contributed by atoms with Crippen LogP contribution >= 0.6 is 11.3 Å². The van der Waals surface area contributed by atoms with Gasteiger partial charge >= 0.3 is 5.97 Å². The summed E-state index contributed by atoms with van der Waals surface area (Å²) in [6.45, 7) is 4.03. The van der Waals surface area contributed by atoms with Gasteiger partial charge in [0.25, 0.3) is 0 Å². The molecule has 0 amide bonds. The van der Waals surface area contributed by atoms with Gasteiger partial charge in [0.1, 0.15) is 0 Å². The summed E-state index contributed by atoms with van der Waals surface area (Å²) in [5, 5.41) is 5.78. The lowest BCUT2D eigenvalue weighted by molar-refractivity contribution is 0.0526. The maximum absolute atomic E-state index is 11.7. The molecular formula is C13H15N3O2S. The third-order valence-corrected chi connectivity index (χ3v) is 3.30. The molecule has 2 aromatic rings. The second-order valence-corrected chi connectivity index (χ2v) is 4.80. The highest BCUT2D eigenvalue weighted by atomic mass is 32.1. The molecule has 0 saturated heterocycles. The lowest BCUT2D eigenvalue weighted by Gasteiger charge is -2.09. The van der Waals surface area contributed by atoms with Gasteiger partial charge in [-0.15, -0.1) is 11.3 Å². The van der Waals surface area contributed by atoms with Crippen molar-refractivity contribution >= 4 is 33.8 Å². The SMILES string of the molecule is CCOC(=O)c1ccc(N)c(Nc2nc(C)cs2)c1. The van der Waals surface area contributed by atoms with Gasteiger partial charge in [0.05, 0.1) is 29.2 Å². The molecule has 0 aliphatic heterocycles. The van der Waals surface area contributed by atoms with Crippen molar-refractivity contribution in [1.82, 2.24) is 4.98 Å². The maximum atomic E-state index is 11.7. The number of nitrogen functional groups attached to an aromatic ring is 1. The highest BCUT2D eigenvalue weighted by Crippen LogP contribution is 2.26. The Bertz CT molecular complexity index is 595. The van der Waals surface area contributed by atoms with E-state index < -0.39 is 0 Å². The monoisotopic (exact) mass is 277 g/mol. The lowest BCUT2D eigenvalue weighted by atomic mass is 10.2. The van der Waals surface area contributed by atoms with Crippen LogP contribution in [0.5, 0.6) is 0 Å². The highest BCUT2D eigenvalue weighted by molar-refractivity contribution is 7.13. The van der Waals surface area contributed by atoms with E-state index in [-0.39, 0.29) is 5.97 Å². The average molecular weight is 277 g/mol. The molecule has 2 rings (SSSR count). The van der Waals surface area contributed by atoms with Crippen LogP contribution < -0.4 is 11.1 Å². The van der Waals surface area contributed by atoms with E-state index in [9.17, 15) is 4.79 Å². The molecule has 6 heteroatoms. The zero-order chi connectivity index (χ0) is 13.8. The molecular weight excluding hydrogens is 262 g/mol. The Morgan fingerprint density at radius 3 is 2.95 bits per heavy atom. The summed E-state index contributed by atoms with van der Waals surface area (Å²) in [7, 11) is 0. The first-order valence-electron chi connectivity index (χ1n) is 5.86. The number of carbonyl (C=O) groups is 1. The van der Waals surface area contributed by atoms with E-state index in [1.807, 2.05) is 12.3 Å². The second-order valence-electron chi connectivity index (χ2n) is 3.94. The number of anilines is 3. The summed E-state index contributed by atoms with van der Waals surface area (Å²) in [6.07, 6.45) is 0. The van der Waals surface area contributed by atoms with Gasteiger partial charge in [0.15, 0.2) is 5.13 Å². The van der Waals surface area contributed by atoms with Crippen molar-refractivity contribution < 1.29 is 9.53 Å². The quantitative estimate of drug-likeness (QED) is 0.663. The molecule has 1 aromatic heterocycles. The van der Waals surface area contributed by atoms with Gasteiger partial charge in [-0.25, -0.2) is 9.78 Å². The number of aryl methyl sites for hydroxylation is 1. The smallest absolute Gasteiger partial charge is 0.338 e. The number of carbonyl (C=O) groups excluding carboxylic acids is 1. The van der Waals surface area contributed by atoms with E-state index in [0.29, 0.717) is 23.5 Å². The zero-order valence-corrected chi connectivity index (χ0v) is 11.6. The first kappa shape index (κ1) is 13.4. The first-order chi connectivity index (χ1) is 9.10. The van der Waals surface area contributed by atoms with Crippen LogP contribution in [0, 0.1) is 6.92 Å². The first-order valence-corrected chi connectivity index (χ1v) is 6.74. The van der Waals surface area contributed by atoms with Gasteiger partial charge in [-0.1, -0.05) is 0 Å². The Hall–Kier alpha value is -2.08. The molecule has 19 heavy (non-hydrogen) atoms. The van der Waals surface area contributed by atoms with Crippen LogP contribution in [0.15, 0.2) is 23.6 Å². The minimum atomic E-state index is -0.360. The minimum Gasteiger partial charge on any atom is -0.462 e. The van der Waals surface area contributed by atoms with Crippen LogP contribution in [-0.4, -0.2) is 17.6 Å². The molecule has 0 aliphatic carbocycles. The lowest BCUT2D eigenvalue weighted by Crippen LogP contribution is -2.06. The van der Waals surface area contributed by atoms with Crippen molar-refractivity contribution in [2.24, 2.45) is 0 Å². The summed E-state index contributed by atoms with van der Waals surface area (Å²) in [6, 6.07) is 4.99. The van der Waals surface area contributed by atoms with Gasteiger partial charge in [0.2, 0.25) is 0 Å². The summed E-state index contributed by atoms with van der Waals surface area (Å²) in [4.78, 5) is 16.0. The Labute approximate surface area is 115 Å². The maximum Gasteiger partial charge on any atom is 0.338 e. The third kappa shape index (κ3) is 3.23. The number of aromatic nitrogens is 1. The minimum absolute atomic E-state index is 0.345. The van der Waals surface area contributed by atoms with E-state index in [4.69, 9.17) is 10.5 Å². The van der Waals surface area contributed by atoms with Crippen LogP contribution in [-0.2, 0) is 4.74 Å². The second kappa shape index (κ2) is 5.71. The highest BCUT2D eigenvalue weighted by Gasteiger charge is 2.10. The van der Waals surface area contributed by atoms with Crippen LogP contribution in [0.25, 0.3) is 0 Å². The predicted molar refractivity (Wildman–Crippen MR) is 76.9 cm³/mol. The molecule has 0 unspecified atom stereocenters. The molecule has 0 saturated carbocycles. The fraction of sp³-hybridized carbons (Fsp3) is 0.231. The third-order valence-electron chi connectivity index (χ3n) is 2.43. The Morgan fingerprint density at radius 2 is 2.32 bits per heavy atom. The van der Waals surface area contributed by atoms with Crippen molar-refractivity contribution in [1.29, 1.82) is 0 Å². The summed E-state index contributed by atoms with van der Waals surface area (Å²) in [5.74, 6) is -0.360. The molecule has 1 heterocycles. The standard InChI is InChI=1S/C13H15N3O2S/c1-3-18-12(17)9-4-5-10(14)11(6-9)16-13-15-8(2)7-19-13/h4-7H,3,14H2,1-2H3,(H,15,16). The molecule has 0 fully saturated rings. The predicted octanol–water partition coefficient (Wildman–Crippen LogP) is 2.95. The number of benzene rings is 1. The van der Waals surface area contributed by atoms with E-state index in [0.717, 1.165) is 10.8 Å².